The van der Waals surface area contributed by atoms with Crippen LogP contribution in [0.4, 0.5) is 0 Å². The second kappa shape index (κ2) is 8.13. The van der Waals surface area contributed by atoms with Crippen LogP contribution in [0.5, 0.6) is 0 Å². The Balaban J connectivity index is 3.62. The highest BCUT2D eigenvalue weighted by Crippen LogP contribution is 2.01. The van der Waals surface area contributed by atoms with Gasteiger partial charge in [-0.1, -0.05) is 27.7 Å². The van der Waals surface area contributed by atoms with E-state index in [1.807, 2.05) is 27.7 Å². The number of hydrogen-bond donors (Lipinski definition) is 0. The predicted molar refractivity (Wildman–Crippen MR) is 60.8 cm³/mol. The summed E-state index contributed by atoms with van der Waals surface area (Å²) in [6.45, 7) is 8.64. The average molecular weight is 230 g/mol. The summed E-state index contributed by atoms with van der Waals surface area (Å²) in [6.07, 6.45) is 1.51. The Kier molecular flexibility index (Phi) is 7.60. The van der Waals surface area contributed by atoms with Gasteiger partial charge in [-0.2, -0.15) is 0 Å². The van der Waals surface area contributed by atoms with Gasteiger partial charge >= 0.3 is 11.9 Å². The zero-order chi connectivity index (χ0) is 12.6. The highest BCUT2D eigenvalue weighted by Gasteiger charge is 2.17. The van der Waals surface area contributed by atoms with Crippen LogP contribution in [0.25, 0.3) is 0 Å². The molecule has 0 amide bonds. The molecule has 0 fully saturated rings. The molecular formula is C12H22O4. The van der Waals surface area contributed by atoms with Crippen LogP contribution in [0.1, 0.15) is 40.5 Å². The van der Waals surface area contributed by atoms with Crippen molar-refractivity contribution in [3.8, 4) is 0 Å². The molecule has 0 aromatic rings. The molecule has 0 unspecified atom stereocenters. The third-order valence-electron chi connectivity index (χ3n) is 2.02. The lowest BCUT2D eigenvalue weighted by Gasteiger charge is -2.07. The predicted octanol–water partition coefficient (Wildman–Crippen LogP) is 2.17. The topological polar surface area (TPSA) is 52.6 Å². The minimum Gasteiger partial charge on any atom is -0.457 e. The van der Waals surface area contributed by atoms with Crippen molar-refractivity contribution < 1.29 is 19.1 Å². The van der Waals surface area contributed by atoms with Gasteiger partial charge in [0.05, 0.1) is 13.2 Å². The van der Waals surface area contributed by atoms with Crippen molar-refractivity contribution in [2.24, 2.45) is 11.8 Å². The SMILES string of the molecule is CC(C)CCOC(=O)C(=O)OCCC(C)C. The molecule has 94 valence electrons. The summed E-state index contributed by atoms with van der Waals surface area (Å²) in [4.78, 5) is 22.2. The number of carbonyl (C=O) groups excluding carboxylic acids is 2. The molecule has 4 heteroatoms. The van der Waals surface area contributed by atoms with Crippen molar-refractivity contribution in [1.29, 1.82) is 0 Å². The number of esters is 2. The Hall–Kier alpha value is -1.06. The number of carbonyl (C=O) groups is 2. The molecule has 0 heterocycles. The highest BCUT2D eigenvalue weighted by atomic mass is 16.6. The molecule has 0 saturated carbocycles. The maximum atomic E-state index is 11.1. The molecule has 0 N–H and O–H groups in total. The molecule has 0 rings (SSSR count). The van der Waals surface area contributed by atoms with Crippen LogP contribution in [0.2, 0.25) is 0 Å². The molecular weight excluding hydrogens is 208 g/mol. The molecule has 16 heavy (non-hydrogen) atoms. The molecule has 0 aliphatic rings. The first-order chi connectivity index (χ1) is 7.43. The third-order valence-corrected chi connectivity index (χ3v) is 2.02. The first-order valence-corrected chi connectivity index (χ1v) is 5.77. The normalized spacial score (nSPS) is 10.6. The van der Waals surface area contributed by atoms with Crippen LogP contribution in [-0.2, 0) is 19.1 Å². The molecule has 0 aromatic carbocycles. The summed E-state index contributed by atoms with van der Waals surface area (Å²) < 4.78 is 9.52. The maximum absolute atomic E-state index is 11.1. The first kappa shape index (κ1) is 14.9. The summed E-state index contributed by atoms with van der Waals surface area (Å²) in [5.74, 6) is -0.872. The zero-order valence-electron chi connectivity index (χ0n) is 10.6. The van der Waals surface area contributed by atoms with E-state index < -0.39 is 11.9 Å². The van der Waals surface area contributed by atoms with E-state index in [0.29, 0.717) is 11.8 Å². The Morgan fingerprint density at radius 1 is 0.812 bits per heavy atom. The molecule has 0 bridgehead atoms. The molecule has 0 radical (unpaired) electrons. The minimum absolute atomic E-state index is 0.274. The summed E-state index contributed by atoms with van der Waals surface area (Å²) in [5.41, 5.74) is 0. The van der Waals surface area contributed by atoms with E-state index >= 15 is 0 Å². The number of ether oxygens (including phenoxy) is 2. The van der Waals surface area contributed by atoms with Crippen molar-refractivity contribution in [1.82, 2.24) is 0 Å². The van der Waals surface area contributed by atoms with Crippen molar-refractivity contribution in [3.63, 3.8) is 0 Å². The lowest BCUT2D eigenvalue weighted by Crippen LogP contribution is -2.22. The Bertz CT molecular complexity index is 197. The van der Waals surface area contributed by atoms with Gasteiger partial charge < -0.3 is 9.47 Å². The van der Waals surface area contributed by atoms with Gasteiger partial charge in [0.2, 0.25) is 0 Å². The fourth-order valence-corrected chi connectivity index (χ4v) is 0.893. The van der Waals surface area contributed by atoms with Crippen LogP contribution >= 0.6 is 0 Å². The molecule has 0 aliphatic carbocycles. The summed E-state index contributed by atoms with van der Waals surface area (Å²) in [5, 5.41) is 0. The van der Waals surface area contributed by atoms with Gasteiger partial charge in [-0.3, -0.25) is 0 Å². The lowest BCUT2D eigenvalue weighted by atomic mass is 10.1. The average Bonchev–Trinajstić information content (AvgIpc) is 2.16. The molecule has 0 spiro atoms. The van der Waals surface area contributed by atoms with Crippen molar-refractivity contribution in [2.75, 3.05) is 13.2 Å². The van der Waals surface area contributed by atoms with Crippen LogP contribution in [0.15, 0.2) is 0 Å². The first-order valence-electron chi connectivity index (χ1n) is 5.77. The zero-order valence-corrected chi connectivity index (χ0v) is 10.6. The molecule has 0 aliphatic heterocycles. The van der Waals surface area contributed by atoms with Gasteiger partial charge in [-0.05, 0) is 24.7 Å². The quantitative estimate of drug-likeness (QED) is 0.518. The van der Waals surface area contributed by atoms with Crippen LogP contribution in [0.3, 0.4) is 0 Å². The summed E-state index contributed by atoms with van der Waals surface area (Å²) in [6, 6.07) is 0. The monoisotopic (exact) mass is 230 g/mol. The molecule has 0 aromatic heterocycles. The van der Waals surface area contributed by atoms with Crippen molar-refractivity contribution in [2.45, 2.75) is 40.5 Å². The second-order valence-electron chi connectivity index (χ2n) is 4.64. The molecule has 0 saturated heterocycles. The van der Waals surface area contributed by atoms with E-state index in [4.69, 9.17) is 9.47 Å². The van der Waals surface area contributed by atoms with Crippen LogP contribution < -0.4 is 0 Å². The van der Waals surface area contributed by atoms with Gasteiger partial charge in [0.15, 0.2) is 0 Å². The molecule has 0 atom stereocenters. The van der Waals surface area contributed by atoms with Crippen LogP contribution in [0, 0.1) is 11.8 Å². The van der Waals surface area contributed by atoms with E-state index in [1.54, 1.807) is 0 Å². The highest BCUT2D eigenvalue weighted by molar-refractivity contribution is 6.29. The van der Waals surface area contributed by atoms with E-state index in [2.05, 4.69) is 0 Å². The standard InChI is InChI=1S/C12H22O4/c1-9(2)5-7-15-11(13)12(14)16-8-6-10(3)4/h9-10H,5-8H2,1-4H3. The smallest absolute Gasteiger partial charge is 0.417 e. The van der Waals surface area contributed by atoms with E-state index in [1.165, 1.54) is 0 Å². The van der Waals surface area contributed by atoms with E-state index in [9.17, 15) is 9.59 Å². The minimum atomic E-state index is -0.885. The van der Waals surface area contributed by atoms with Gasteiger partial charge in [0.25, 0.3) is 0 Å². The molecule has 4 nitrogen and oxygen atoms in total. The Labute approximate surface area is 97.3 Å². The van der Waals surface area contributed by atoms with Gasteiger partial charge in [0.1, 0.15) is 0 Å². The second-order valence-corrected chi connectivity index (χ2v) is 4.64. The fraction of sp³-hybridized carbons (Fsp3) is 0.833. The van der Waals surface area contributed by atoms with Crippen LogP contribution in [-0.4, -0.2) is 25.2 Å². The lowest BCUT2D eigenvalue weighted by molar-refractivity contribution is -0.168. The number of hydrogen-bond acceptors (Lipinski definition) is 4. The largest absolute Gasteiger partial charge is 0.457 e. The summed E-state index contributed by atoms with van der Waals surface area (Å²) >= 11 is 0. The maximum Gasteiger partial charge on any atom is 0.417 e. The fourth-order valence-electron chi connectivity index (χ4n) is 0.893. The van der Waals surface area contributed by atoms with E-state index in [0.717, 1.165) is 12.8 Å². The van der Waals surface area contributed by atoms with Crippen molar-refractivity contribution >= 4 is 11.9 Å². The van der Waals surface area contributed by atoms with Gasteiger partial charge in [-0.15, -0.1) is 0 Å². The summed E-state index contributed by atoms with van der Waals surface area (Å²) in [7, 11) is 0. The number of rotatable bonds is 6. The van der Waals surface area contributed by atoms with Gasteiger partial charge in [-0.25, -0.2) is 9.59 Å². The third kappa shape index (κ3) is 8.26. The van der Waals surface area contributed by atoms with Gasteiger partial charge in [0, 0.05) is 0 Å². The van der Waals surface area contributed by atoms with Crippen molar-refractivity contribution in [3.05, 3.63) is 0 Å². The van der Waals surface area contributed by atoms with E-state index in [-0.39, 0.29) is 13.2 Å². The Morgan fingerprint density at radius 3 is 1.38 bits per heavy atom. The Morgan fingerprint density at radius 2 is 1.12 bits per heavy atom.